The highest BCUT2D eigenvalue weighted by Gasteiger charge is 2.53. The molecule has 0 fully saturated rings. The summed E-state index contributed by atoms with van der Waals surface area (Å²) in [6.07, 6.45) is 2.84. The smallest absolute Gasteiger partial charge is 0.293 e. The average Bonchev–Trinajstić information content (AvgIpc) is 2.67. The molecule has 0 N–H and O–H groups in total. The molecule has 1 rings (SSSR count). The second kappa shape index (κ2) is 12.2. The molecular weight excluding hydrogens is 436 g/mol. The largest absolute Gasteiger partial charge is 0.492 e. The van der Waals surface area contributed by atoms with Gasteiger partial charge in [0.25, 0.3) is 6.47 Å². The van der Waals surface area contributed by atoms with Crippen LogP contribution in [0.4, 0.5) is 0 Å². The lowest BCUT2D eigenvalue weighted by Crippen LogP contribution is -2.60. The van der Waals surface area contributed by atoms with E-state index in [4.69, 9.17) is 18.3 Å². The molecule has 0 saturated carbocycles. The fraction of sp³-hybridized carbons (Fsp3) is 0.880. The molecular formula is C25H50O5Si2. The first-order chi connectivity index (χ1) is 14.8. The molecule has 0 aliphatic carbocycles. The van der Waals surface area contributed by atoms with E-state index in [0.717, 1.165) is 0 Å². The molecule has 32 heavy (non-hydrogen) atoms. The topological polar surface area (TPSA) is 54.0 Å². The predicted octanol–water partition coefficient (Wildman–Crippen LogP) is 7.19. The van der Waals surface area contributed by atoms with Crippen molar-refractivity contribution in [1.82, 2.24) is 0 Å². The van der Waals surface area contributed by atoms with Crippen molar-refractivity contribution in [1.29, 1.82) is 0 Å². The fourth-order valence-corrected chi connectivity index (χ4v) is 17.5. The zero-order chi connectivity index (χ0) is 24.9. The minimum atomic E-state index is -2.22. The zero-order valence-corrected chi connectivity index (χ0v) is 24.7. The molecule has 188 valence electrons. The highest BCUT2D eigenvalue weighted by molar-refractivity contribution is 6.78. The third kappa shape index (κ3) is 5.88. The molecule has 1 aliphatic heterocycles. The van der Waals surface area contributed by atoms with Crippen molar-refractivity contribution in [2.45, 2.75) is 135 Å². The van der Waals surface area contributed by atoms with Gasteiger partial charge in [0.15, 0.2) is 6.10 Å². The Hall–Kier alpha value is -0.636. The van der Waals surface area contributed by atoms with Gasteiger partial charge in [-0.05, 0) is 39.3 Å². The van der Waals surface area contributed by atoms with Crippen LogP contribution >= 0.6 is 0 Å². The van der Waals surface area contributed by atoms with Crippen LogP contribution in [-0.4, -0.2) is 48.0 Å². The highest BCUT2D eigenvalue weighted by Crippen LogP contribution is 2.47. The second-order valence-corrected chi connectivity index (χ2v) is 22.0. The van der Waals surface area contributed by atoms with E-state index in [-0.39, 0.29) is 24.9 Å². The molecule has 0 amide bonds. The van der Waals surface area contributed by atoms with Crippen molar-refractivity contribution < 1.29 is 23.1 Å². The summed E-state index contributed by atoms with van der Waals surface area (Å²) in [5.41, 5.74) is 2.70. The van der Waals surface area contributed by atoms with Crippen molar-refractivity contribution in [3.8, 4) is 0 Å². The van der Waals surface area contributed by atoms with Crippen LogP contribution in [0, 0.1) is 0 Å². The molecule has 0 radical (unpaired) electrons. The summed E-state index contributed by atoms with van der Waals surface area (Å²) in [7, 11) is -4.37. The van der Waals surface area contributed by atoms with Crippen LogP contribution in [0.5, 0.6) is 0 Å². The van der Waals surface area contributed by atoms with Gasteiger partial charge in [-0.15, -0.1) is 0 Å². The van der Waals surface area contributed by atoms with Crippen LogP contribution in [0.3, 0.4) is 0 Å². The Bertz CT molecular complexity index is 558. The highest BCUT2D eigenvalue weighted by atomic mass is 28.4. The van der Waals surface area contributed by atoms with Crippen molar-refractivity contribution in [3.63, 3.8) is 0 Å². The quantitative estimate of drug-likeness (QED) is 0.204. The maximum Gasteiger partial charge on any atom is 0.293 e. The van der Waals surface area contributed by atoms with Crippen LogP contribution in [0.25, 0.3) is 0 Å². The van der Waals surface area contributed by atoms with Gasteiger partial charge < -0.3 is 18.3 Å². The predicted molar refractivity (Wildman–Crippen MR) is 138 cm³/mol. The van der Waals surface area contributed by atoms with Gasteiger partial charge in [-0.25, -0.2) is 0 Å². The molecule has 0 bridgehead atoms. The van der Waals surface area contributed by atoms with E-state index in [9.17, 15) is 4.79 Å². The average molecular weight is 487 g/mol. The van der Waals surface area contributed by atoms with Crippen LogP contribution in [0.1, 0.15) is 83.1 Å². The molecule has 0 aromatic rings. The van der Waals surface area contributed by atoms with Gasteiger partial charge in [-0.3, -0.25) is 4.79 Å². The first-order valence-electron chi connectivity index (χ1n) is 12.5. The summed E-state index contributed by atoms with van der Waals surface area (Å²) >= 11 is 0. The van der Waals surface area contributed by atoms with E-state index in [1.54, 1.807) is 6.26 Å². The Labute approximate surface area is 199 Å². The summed E-state index contributed by atoms with van der Waals surface area (Å²) in [6, 6.07) is 0. The second-order valence-electron chi connectivity index (χ2n) is 11.2. The summed E-state index contributed by atoms with van der Waals surface area (Å²) < 4.78 is 25.6. The lowest BCUT2D eigenvalue weighted by molar-refractivity contribution is -0.137. The number of hydrogen-bond donors (Lipinski definition) is 0. The van der Waals surface area contributed by atoms with Gasteiger partial charge in [0.2, 0.25) is 16.6 Å². The van der Waals surface area contributed by atoms with E-state index in [2.05, 4.69) is 83.1 Å². The minimum absolute atomic E-state index is 0.163. The number of rotatable bonds is 13. The first-order valence-corrected chi connectivity index (χ1v) is 16.8. The number of carbonyl (C=O) groups excluding carboxylic acids is 1. The number of carbonyl (C=O) groups is 1. The SMILES string of the molecule is CC(C)[Si](O[C@H]1[C@H](O[Si](C(C)C)(C(C)C)C(C)C)C=CO[C@@H]1COC=O)(C(C)C)C(C)C. The summed E-state index contributed by atoms with van der Waals surface area (Å²) in [5, 5.41) is 0. The molecule has 0 saturated heterocycles. The van der Waals surface area contributed by atoms with E-state index < -0.39 is 16.6 Å². The Morgan fingerprint density at radius 1 is 0.750 bits per heavy atom. The van der Waals surface area contributed by atoms with E-state index in [1.165, 1.54) is 0 Å². The first kappa shape index (κ1) is 29.4. The van der Waals surface area contributed by atoms with Crippen LogP contribution in [-0.2, 0) is 23.1 Å². The monoisotopic (exact) mass is 486 g/mol. The Kier molecular flexibility index (Phi) is 11.2. The van der Waals surface area contributed by atoms with Crippen LogP contribution in [0.15, 0.2) is 12.3 Å². The summed E-state index contributed by atoms with van der Waals surface area (Å²) in [4.78, 5) is 11.0. The fourth-order valence-electron chi connectivity index (χ4n) is 6.43. The molecule has 0 aromatic carbocycles. The van der Waals surface area contributed by atoms with Crippen molar-refractivity contribution in [2.24, 2.45) is 0 Å². The molecule has 0 spiro atoms. The van der Waals surface area contributed by atoms with Gasteiger partial charge in [0.1, 0.15) is 12.7 Å². The standard InChI is InChI=1S/C25H50O5Si2/c1-17(2)31(18(3)4,19(5)6)29-23-13-14-28-24(15-27-16-26)25(23)30-32(20(7)8,21(9)10)22(11)12/h13-14,16-25H,15H2,1-12H3/t23-,24-,25+/m1/s1. The lowest BCUT2D eigenvalue weighted by atomic mass is 10.1. The maximum absolute atomic E-state index is 11.0. The zero-order valence-electron chi connectivity index (χ0n) is 22.7. The summed E-state index contributed by atoms with van der Waals surface area (Å²) in [6.45, 7) is 28.2. The van der Waals surface area contributed by atoms with Crippen molar-refractivity contribution in [3.05, 3.63) is 12.3 Å². The number of hydrogen-bond acceptors (Lipinski definition) is 5. The molecule has 1 aliphatic rings. The normalized spacial score (nSPS) is 22.5. The lowest BCUT2D eigenvalue weighted by Gasteiger charge is -2.50. The third-order valence-electron chi connectivity index (χ3n) is 7.63. The molecule has 0 unspecified atom stereocenters. The van der Waals surface area contributed by atoms with Gasteiger partial charge >= 0.3 is 0 Å². The van der Waals surface area contributed by atoms with Crippen LogP contribution < -0.4 is 0 Å². The van der Waals surface area contributed by atoms with E-state index in [1.807, 2.05) is 6.08 Å². The molecule has 1 heterocycles. The molecule has 5 nitrogen and oxygen atoms in total. The van der Waals surface area contributed by atoms with Crippen molar-refractivity contribution >= 4 is 23.1 Å². The Balaban J connectivity index is 3.52. The third-order valence-corrected chi connectivity index (χ3v) is 19.8. The molecule has 7 heteroatoms. The van der Waals surface area contributed by atoms with E-state index >= 15 is 0 Å². The Morgan fingerprint density at radius 3 is 1.53 bits per heavy atom. The van der Waals surface area contributed by atoms with Gasteiger partial charge in [-0.1, -0.05) is 83.1 Å². The van der Waals surface area contributed by atoms with Gasteiger partial charge in [-0.2, -0.15) is 0 Å². The van der Waals surface area contributed by atoms with Crippen LogP contribution in [0.2, 0.25) is 33.2 Å². The molecule has 0 aromatic heterocycles. The summed E-state index contributed by atoms with van der Waals surface area (Å²) in [5.74, 6) is 0. The maximum atomic E-state index is 11.0. The molecule has 3 atom stereocenters. The Morgan fingerprint density at radius 2 is 1.16 bits per heavy atom. The minimum Gasteiger partial charge on any atom is -0.492 e. The number of ether oxygens (including phenoxy) is 2. The van der Waals surface area contributed by atoms with Gasteiger partial charge in [0.05, 0.1) is 12.4 Å². The van der Waals surface area contributed by atoms with Gasteiger partial charge in [0, 0.05) is 0 Å². The van der Waals surface area contributed by atoms with Crippen molar-refractivity contribution in [2.75, 3.05) is 6.61 Å². The van der Waals surface area contributed by atoms with E-state index in [0.29, 0.717) is 39.7 Å².